The molecular formula is C18H18N2O. The zero-order valence-electron chi connectivity index (χ0n) is 12.0. The van der Waals surface area contributed by atoms with Crippen LogP contribution in [0.2, 0.25) is 0 Å². The number of amides is 1. The van der Waals surface area contributed by atoms with E-state index in [-0.39, 0.29) is 11.9 Å². The number of rotatable bonds is 5. The van der Waals surface area contributed by atoms with Gasteiger partial charge >= 0.3 is 0 Å². The maximum Gasteiger partial charge on any atom is 0.238 e. The first kappa shape index (κ1) is 14.8. The Labute approximate surface area is 125 Å². The van der Waals surface area contributed by atoms with Gasteiger partial charge in [0.25, 0.3) is 0 Å². The molecule has 2 atom stereocenters. The number of nitrogens with zero attached hydrogens (tertiary/aromatic N) is 1. The molecule has 0 fully saturated rings. The van der Waals surface area contributed by atoms with E-state index in [0.717, 1.165) is 11.1 Å². The van der Waals surface area contributed by atoms with Crippen molar-refractivity contribution in [3.05, 3.63) is 71.8 Å². The molecule has 0 heterocycles. The van der Waals surface area contributed by atoms with Crippen LogP contribution in [0, 0.1) is 17.2 Å². The van der Waals surface area contributed by atoms with Crippen LogP contribution in [0.3, 0.4) is 0 Å². The van der Waals surface area contributed by atoms with E-state index in [4.69, 9.17) is 0 Å². The Hall–Kier alpha value is -2.60. The van der Waals surface area contributed by atoms with Crippen LogP contribution in [-0.2, 0) is 11.2 Å². The minimum absolute atomic E-state index is 0.106. The SMILES string of the molecule is C[C@@H](NC(=O)C(C#N)Cc1ccccc1)c1ccccc1. The summed E-state index contributed by atoms with van der Waals surface area (Å²) in [7, 11) is 0. The van der Waals surface area contributed by atoms with Crippen LogP contribution in [0.15, 0.2) is 60.7 Å². The van der Waals surface area contributed by atoms with Gasteiger partial charge in [0.15, 0.2) is 0 Å². The van der Waals surface area contributed by atoms with Gasteiger partial charge in [0.2, 0.25) is 5.91 Å². The largest absolute Gasteiger partial charge is 0.348 e. The normalized spacial score (nSPS) is 13.0. The molecule has 2 aromatic rings. The van der Waals surface area contributed by atoms with Crippen molar-refractivity contribution in [1.82, 2.24) is 5.32 Å². The standard InChI is InChI=1S/C18H18N2O/c1-14(16-10-6-3-7-11-16)20-18(21)17(13-19)12-15-8-4-2-5-9-15/h2-11,14,17H,12H2,1H3,(H,20,21)/t14-,17?/m1/s1. The van der Waals surface area contributed by atoms with Crippen molar-refractivity contribution < 1.29 is 4.79 Å². The molecule has 0 aliphatic rings. The molecule has 0 aliphatic carbocycles. The van der Waals surface area contributed by atoms with E-state index in [2.05, 4.69) is 11.4 Å². The number of benzene rings is 2. The van der Waals surface area contributed by atoms with E-state index in [9.17, 15) is 10.1 Å². The number of hydrogen-bond acceptors (Lipinski definition) is 2. The summed E-state index contributed by atoms with van der Waals surface area (Å²) in [5.74, 6) is -0.892. The second kappa shape index (κ2) is 7.25. The van der Waals surface area contributed by atoms with Crippen LogP contribution < -0.4 is 5.32 Å². The van der Waals surface area contributed by atoms with Crippen molar-refractivity contribution in [2.45, 2.75) is 19.4 Å². The Morgan fingerprint density at radius 2 is 1.67 bits per heavy atom. The smallest absolute Gasteiger partial charge is 0.238 e. The molecule has 3 heteroatoms. The first-order valence-corrected chi connectivity index (χ1v) is 6.99. The summed E-state index contributed by atoms with van der Waals surface area (Å²) in [6.45, 7) is 1.92. The average molecular weight is 278 g/mol. The lowest BCUT2D eigenvalue weighted by molar-refractivity contribution is -0.124. The van der Waals surface area contributed by atoms with E-state index >= 15 is 0 Å². The quantitative estimate of drug-likeness (QED) is 0.912. The molecule has 0 spiro atoms. The lowest BCUT2D eigenvalue weighted by Gasteiger charge is -2.16. The minimum Gasteiger partial charge on any atom is -0.348 e. The molecule has 1 unspecified atom stereocenters. The van der Waals surface area contributed by atoms with Crippen LogP contribution in [-0.4, -0.2) is 5.91 Å². The van der Waals surface area contributed by atoms with Crippen molar-refractivity contribution in [3.63, 3.8) is 0 Å². The molecule has 1 amide bonds. The summed E-state index contributed by atoms with van der Waals surface area (Å²) in [4.78, 5) is 12.2. The lowest BCUT2D eigenvalue weighted by atomic mass is 9.99. The van der Waals surface area contributed by atoms with Gasteiger partial charge in [0.05, 0.1) is 12.1 Å². The average Bonchev–Trinajstić information content (AvgIpc) is 2.54. The van der Waals surface area contributed by atoms with Crippen molar-refractivity contribution in [2.75, 3.05) is 0 Å². The van der Waals surface area contributed by atoms with Gasteiger partial charge in [0, 0.05) is 0 Å². The predicted molar refractivity (Wildman–Crippen MR) is 82.2 cm³/mol. The molecule has 0 saturated carbocycles. The third kappa shape index (κ3) is 4.19. The zero-order valence-corrected chi connectivity index (χ0v) is 12.0. The van der Waals surface area contributed by atoms with Gasteiger partial charge in [-0.3, -0.25) is 4.79 Å². The van der Waals surface area contributed by atoms with E-state index in [1.165, 1.54) is 0 Å². The number of carbonyl (C=O) groups excluding carboxylic acids is 1. The Morgan fingerprint density at radius 3 is 2.24 bits per heavy atom. The van der Waals surface area contributed by atoms with Crippen molar-refractivity contribution in [3.8, 4) is 6.07 Å². The van der Waals surface area contributed by atoms with Gasteiger partial charge in [-0.05, 0) is 24.5 Å². The summed E-state index contributed by atoms with van der Waals surface area (Å²) in [5, 5.41) is 12.1. The van der Waals surface area contributed by atoms with Gasteiger partial charge in [-0.15, -0.1) is 0 Å². The molecule has 0 bridgehead atoms. The second-order valence-electron chi connectivity index (χ2n) is 5.01. The van der Waals surface area contributed by atoms with Crippen LogP contribution in [0.5, 0.6) is 0 Å². The van der Waals surface area contributed by atoms with E-state index in [1.807, 2.05) is 67.6 Å². The summed E-state index contributed by atoms with van der Waals surface area (Å²) < 4.78 is 0. The van der Waals surface area contributed by atoms with E-state index in [1.54, 1.807) is 0 Å². The van der Waals surface area contributed by atoms with Crippen LogP contribution in [0.25, 0.3) is 0 Å². The molecule has 0 aliphatic heterocycles. The predicted octanol–water partition coefficient (Wildman–Crippen LogP) is 3.25. The number of hydrogen-bond donors (Lipinski definition) is 1. The molecule has 1 N–H and O–H groups in total. The van der Waals surface area contributed by atoms with Crippen LogP contribution in [0.1, 0.15) is 24.1 Å². The fourth-order valence-corrected chi connectivity index (χ4v) is 2.19. The molecule has 2 aromatic carbocycles. The third-order valence-electron chi connectivity index (χ3n) is 3.41. The van der Waals surface area contributed by atoms with Crippen molar-refractivity contribution in [1.29, 1.82) is 5.26 Å². The van der Waals surface area contributed by atoms with Crippen LogP contribution >= 0.6 is 0 Å². The first-order chi connectivity index (χ1) is 10.2. The molecule has 2 rings (SSSR count). The summed E-state index contributed by atoms with van der Waals surface area (Å²) >= 11 is 0. The number of nitriles is 1. The topological polar surface area (TPSA) is 52.9 Å². The highest BCUT2D eigenvalue weighted by atomic mass is 16.1. The Morgan fingerprint density at radius 1 is 1.10 bits per heavy atom. The monoisotopic (exact) mass is 278 g/mol. The summed E-state index contributed by atoms with van der Waals surface area (Å²) in [6.07, 6.45) is 0.435. The zero-order chi connectivity index (χ0) is 15.1. The Bertz CT molecular complexity index is 617. The second-order valence-corrected chi connectivity index (χ2v) is 5.01. The van der Waals surface area contributed by atoms with E-state index < -0.39 is 5.92 Å². The maximum absolute atomic E-state index is 12.2. The first-order valence-electron chi connectivity index (χ1n) is 6.99. The molecule has 3 nitrogen and oxygen atoms in total. The summed E-state index contributed by atoms with van der Waals surface area (Å²) in [5.41, 5.74) is 2.02. The Kier molecular flexibility index (Phi) is 5.11. The van der Waals surface area contributed by atoms with Crippen LogP contribution in [0.4, 0.5) is 0 Å². The fourth-order valence-electron chi connectivity index (χ4n) is 2.19. The minimum atomic E-state index is -0.668. The van der Waals surface area contributed by atoms with Gasteiger partial charge in [-0.25, -0.2) is 0 Å². The molecular weight excluding hydrogens is 260 g/mol. The molecule has 21 heavy (non-hydrogen) atoms. The summed E-state index contributed by atoms with van der Waals surface area (Å²) in [6, 6.07) is 21.3. The molecule has 0 radical (unpaired) electrons. The van der Waals surface area contributed by atoms with Crippen molar-refractivity contribution >= 4 is 5.91 Å². The highest BCUT2D eigenvalue weighted by Crippen LogP contribution is 2.14. The maximum atomic E-state index is 12.2. The Balaban J connectivity index is 1.99. The highest BCUT2D eigenvalue weighted by Gasteiger charge is 2.20. The molecule has 0 aromatic heterocycles. The number of carbonyl (C=O) groups is 1. The van der Waals surface area contributed by atoms with Gasteiger partial charge < -0.3 is 5.32 Å². The highest BCUT2D eigenvalue weighted by molar-refractivity contribution is 5.81. The molecule has 106 valence electrons. The van der Waals surface area contributed by atoms with Gasteiger partial charge in [0.1, 0.15) is 5.92 Å². The fraction of sp³-hybridized carbons (Fsp3) is 0.222. The van der Waals surface area contributed by atoms with E-state index in [0.29, 0.717) is 6.42 Å². The molecule has 0 saturated heterocycles. The van der Waals surface area contributed by atoms with Gasteiger partial charge in [-0.2, -0.15) is 5.26 Å². The van der Waals surface area contributed by atoms with Gasteiger partial charge in [-0.1, -0.05) is 60.7 Å². The number of nitrogens with one attached hydrogen (secondary N) is 1. The third-order valence-corrected chi connectivity index (χ3v) is 3.41. The van der Waals surface area contributed by atoms with Crippen molar-refractivity contribution in [2.24, 2.45) is 5.92 Å². The lowest BCUT2D eigenvalue weighted by Crippen LogP contribution is -2.33.